The Bertz CT molecular complexity index is 493. The Kier molecular flexibility index (Phi) is 13.6. The monoisotopic (exact) mass is 404 g/mol. The largest absolute Gasteiger partial charge is 0.375 e. The van der Waals surface area contributed by atoms with Gasteiger partial charge in [0, 0.05) is 57.6 Å². The lowest BCUT2D eigenvalue weighted by Crippen LogP contribution is -2.44. The quantitative estimate of drug-likeness (QED) is 0.621. The summed E-state index contributed by atoms with van der Waals surface area (Å²) >= 11 is 0. The Morgan fingerprint density at radius 1 is 1.15 bits per heavy atom. The number of carbonyl (C=O) groups excluding carboxylic acids is 1. The maximum absolute atomic E-state index is 12.2. The van der Waals surface area contributed by atoms with E-state index in [9.17, 15) is 4.79 Å². The van der Waals surface area contributed by atoms with Crippen LogP contribution in [0.2, 0.25) is 0 Å². The molecular formula is C19H34Cl2N4O. The van der Waals surface area contributed by atoms with Crippen molar-refractivity contribution in [1.82, 2.24) is 15.5 Å². The molecule has 1 amide bonds. The average molecular weight is 405 g/mol. The van der Waals surface area contributed by atoms with Crippen molar-refractivity contribution >= 4 is 36.4 Å². The molecule has 150 valence electrons. The maximum Gasteiger partial charge on any atom is 0.251 e. The standard InChI is InChI=1S/C19H32N4O.2ClH/c1-3-4-13-22(2)18-8-6-17(7-9-18)19(24)21-10-5-14-23-15-11-20-12-16-23;;/h6-9,20H,3-5,10-16H2,1-2H3,(H,21,24);2*1H. The number of rotatable bonds is 9. The fraction of sp³-hybridized carbons (Fsp3) is 0.632. The van der Waals surface area contributed by atoms with Crippen molar-refractivity contribution in [1.29, 1.82) is 0 Å². The molecule has 0 spiro atoms. The van der Waals surface area contributed by atoms with Gasteiger partial charge in [-0.15, -0.1) is 24.8 Å². The Morgan fingerprint density at radius 3 is 2.42 bits per heavy atom. The molecule has 0 bridgehead atoms. The first kappa shape index (κ1) is 25.0. The van der Waals surface area contributed by atoms with E-state index in [4.69, 9.17) is 0 Å². The third kappa shape index (κ3) is 8.58. The number of anilines is 1. The van der Waals surface area contributed by atoms with Crippen LogP contribution in [0, 0.1) is 0 Å². The van der Waals surface area contributed by atoms with Gasteiger partial charge in [-0.3, -0.25) is 4.79 Å². The number of benzene rings is 1. The van der Waals surface area contributed by atoms with Gasteiger partial charge >= 0.3 is 0 Å². The van der Waals surface area contributed by atoms with E-state index in [1.807, 2.05) is 24.3 Å². The Morgan fingerprint density at radius 2 is 1.81 bits per heavy atom. The summed E-state index contributed by atoms with van der Waals surface area (Å²) in [6.45, 7) is 9.42. The van der Waals surface area contributed by atoms with Crippen molar-refractivity contribution in [3.8, 4) is 0 Å². The van der Waals surface area contributed by atoms with Crippen LogP contribution in [-0.4, -0.2) is 63.7 Å². The van der Waals surface area contributed by atoms with E-state index in [2.05, 4.69) is 34.4 Å². The molecule has 1 aromatic rings. The highest BCUT2D eigenvalue weighted by molar-refractivity contribution is 5.94. The Balaban J connectivity index is 0.00000312. The number of nitrogens with zero attached hydrogens (tertiary/aromatic N) is 2. The van der Waals surface area contributed by atoms with Gasteiger partial charge in [-0.2, -0.15) is 0 Å². The number of piperazine rings is 1. The zero-order chi connectivity index (χ0) is 17.2. The first-order chi connectivity index (χ1) is 11.7. The van der Waals surface area contributed by atoms with E-state index in [0.29, 0.717) is 0 Å². The summed E-state index contributed by atoms with van der Waals surface area (Å²) in [5.41, 5.74) is 1.91. The van der Waals surface area contributed by atoms with Gasteiger partial charge in [0.05, 0.1) is 0 Å². The summed E-state index contributed by atoms with van der Waals surface area (Å²) < 4.78 is 0. The van der Waals surface area contributed by atoms with Gasteiger partial charge in [0.25, 0.3) is 5.91 Å². The van der Waals surface area contributed by atoms with Gasteiger partial charge in [0.15, 0.2) is 0 Å². The van der Waals surface area contributed by atoms with E-state index in [0.717, 1.165) is 57.8 Å². The third-order valence-corrected chi connectivity index (χ3v) is 4.56. The van der Waals surface area contributed by atoms with Gasteiger partial charge in [0.1, 0.15) is 0 Å². The van der Waals surface area contributed by atoms with Gasteiger partial charge in [0.2, 0.25) is 0 Å². The maximum atomic E-state index is 12.2. The SMILES string of the molecule is CCCCN(C)c1ccc(C(=O)NCCCN2CCNCC2)cc1.Cl.Cl. The highest BCUT2D eigenvalue weighted by Gasteiger charge is 2.09. The molecule has 0 aromatic heterocycles. The van der Waals surface area contributed by atoms with Gasteiger partial charge < -0.3 is 20.4 Å². The normalized spacial score (nSPS) is 14.1. The van der Waals surface area contributed by atoms with Gasteiger partial charge in [-0.05, 0) is 43.7 Å². The van der Waals surface area contributed by atoms with E-state index in [1.165, 1.54) is 18.5 Å². The molecule has 2 N–H and O–H groups in total. The minimum Gasteiger partial charge on any atom is -0.375 e. The summed E-state index contributed by atoms with van der Waals surface area (Å²) in [4.78, 5) is 16.9. The number of carbonyl (C=O) groups is 1. The Hall–Kier alpha value is -1.01. The highest BCUT2D eigenvalue weighted by Crippen LogP contribution is 2.14. The summed E-state index contributed by atoms with van der Waals surface area (Å²) in [5.74, 6) is 0.0260. The second kappa shape index (κ2) is 14.1. The van der Waals surface area contributed by atoms with Crippen molar-refractivity contribution < 1.29 is 4.79 Å². The minimum atomic E-state index is 0. The summed E-state index contributed by atoms with van der Waals surface area (Å²) in [6.07, 6.45) is 3.38. The molecule has 26 heavy (non-hydrogen) atoms. The molecule has 0 aliphatic carbocycles. The van der Waals surface area contributed by atoms with Crippen molar-refractivity contribution in [2.75, 3.05) is 57.8 Å². The minimum absolute atomic E-state index is 0. The molecule has 0 radical (unpaired) electrons. The summed E-state index contributed by atoms with van der Waals surface area (Å²) in [5, 5.41) is 6.38. The number of hydrogen-bond acceptors (Lipinski definition) is 4. The molecule has 1 aromatic carbocycles. The lowest BCUT2D eigenvalue weighted by Gasteiger charge is -2.27. The lowest BCUT2D eigenvalue weighted by atomic mass is 10.1. The third-order valence-electron chi connectivity index (χ3n) is 4.56. The molecule has 1 heterocycles. The molecule has 5 nitrogen and oxygen atoms in total. The second-order valence-electron chi connectivity index (χ2n) is 6.52. The zero-order valence-electron chi connectivity index (χ0n) is 16.0. The summed E-state index contributed by atoms with van der Waals surface area (Å²) in [6, 6.07) is 7.91. The van der Waals surface area contributed by atoms with E-state index < -0.39 is 0 Å². The molecule has 7 heteroatoms. The first-order valence-electron chi connectivity index (χ1n) is 9.23. The van der Waals surface area contributed by atoms with Crippen LogP contribution in [0.4, 0.5) is 5.69 Å². The number of nitrogens with one attached hydrogen (secondary N) is 2. The van der Waals surface area contributed by atoms with Crippen molar-refractivity contribution in [2.24, 2.45) is 0 Å². The van der Waals surface area contributed by atoms with E-state index in [-0.39, 0.29) is 30.7 Å². The molecule has 0 unspecified atom stereocenters. The predicted octanol–water partition coefficient (Wildman–Crippen LogP) is 2.79. The first-order valence-corrected chi connectivity index (χ1v) is 9.23. The average Bonchev–Trinajstić information content (AvgIpc) is 2.64. The molecule has 1 fully saturated rings. The van der Waals surface area contributed by atoms with Gasteiger partial charge in [-0.25, -0.2) is 0 Å². The van der Waals surface area contributed by atoms with Crippen LogP contribution in [0.3, 0.4) is 0 Å². The van der Waals surface area contributed by atoms with Crippen LogP contribution >= 0.6 is 24.8 Å². The molecule has 0 atom stereocenters. The molecule has 1 aliphatic rings. The summed E-state index contributed by atoms with van der Waals surface area (Å²) in [7, 11) is 2.10. The highest BCUT2D eigenvalue weighted by atomic mass is 35.5. The Labute approximate surface area is 170 Å². The van der Waals surface area contributed by atoms with Crippen LogP contribution in [-0.2, 0) is 0 Å². The number of amides is 1. The lowest BCUT2D eigenvalue weighted by molar-refractivity contribution is 0.0951. The van der Waals surface area contributed by atoms with Crippen molar-refractivity contribution in [2.45, 2.75) is 26.2 Å². The predicted molar refractivity (Wildman–Crippen MR) is 115 cm³/mol. The van der Waals surface area contributed by atoms with Crippen molar-refractivity contribution in [3.05, 3.63) is 29.8 Å². The van der Waals surface area contributed by atoms with Crippen LogP contribution in [0.5, 0.6) is 0 Å². The second-order valence-corrected chi connectivity index (χ2v) is 6.52. The fourth-order valence-corrected chi connectivity index (χ4v) is 2.93. The number of halogens is 2. The smallest absolute Gasteiger partial charge is 0.251 e. The molecule has 2 rings (SSSR count). The topological polar surface area (TPSA) is 47.6 Å². The molecular weight excluding hydrogens is 371 g/mol. The van der Waals surface area contributed by atoms with Crippen LogP contribution < -0.4 is 15.5 Å². The molecule has 1 saturated heterocycles. The van der Waals surface area contributed by atoms with E-state index in [1.54, 1.807) is 0 Å². The number of unbranched alkanes of at least 4 members (excludes halogenated alkanes) is 1. The molecule has 1 aliphatic heterocycles. The van der Waals surface area contributed by atoms with E-state index >= 15 is 0 Å². The van der Waals surface area contributed by atoms with Crippen LogP contribution in [0.25, 0.3) is 0 Å². The zero-order valence-corrected chi connectivity index (χ0v) is 17.6. The number of hydrogen-bond donors (Lipinski definition) is 2. The van der Waals surface area contributed by atoms with Crippen LogP contribution in [0.1, 0.15) is 36.5 Å². The molecule has 0 saturated carbocycles. The van der Waals surface area contributed by atoms with Gasteiger partial charge in [-0.1, -0.05) is 13.3 Å². The fourth-order valence-electron chi connectivity index (χ4n) is 2.93. The van der Waals surface area contributed by atoms with Crippen LogP contribution in [0.15, 0.2) is 24.3 Å². The van der Waals surface area contributed by atoms with Crippen molar-refractivity contribution in [3.63, 3.8) is 0 Å².